The maximum Gasteiger partial charge on any atom is 0.268 e. The molecular formula is C24H26N2O4S. The summed E-state index contributed by atoms with van der Waals surface area (Å²) < 4.78 is 27.8. The summed E-state index contributed by atoms with van der Waals surface area (Å²) in [5, 5.41) is 11.5. The van der Waals surface area contributed by atoms with Crippen LogP contribution in [-0.2, 0) is 14.8 Å². The van der Waals surface area contributed by atoms with Crippen LogP contribution < -0.4 is 0 Å². The van der Waals surface area contributed by atoms with Gasteiger partial charge >= 0.3 is 0 Å². The van der Waals surface area contributed by atoms with Crippen molar-refractivity contribution >= 4 is 26.8 Å². The summed E-state index contributed by atoms with van der Waals surface area (Å²) in [6.45, 7) is 4.97. The fraction of sp³-hybridized carbons (Fsp3) is 0.292. The minimum absolute atomic E-state index is 0.153. The summed E-state index contributed by atoms with van der Waals surface area (Å²) in [5.41, 5.74) is 2.85. The van der Waals surface area contributed by atoms with Crippen molar-refractivity contribution in [2.45, 2.75) is 37.7 Å². The molecule has 31 heavy (non-hydrogen) atoms. The number of rotatable bonds is 5. The number of carbonyl (C=O) groups is 1. The van der Waals surface area contributed by atoms with Crippen LogP contribution in [0, 0.1) is 6.92 Å². The van der Waals surface area contributed by atoms with Crippen LogP contribution >= 0.6 is 0 Å². The van der Waals surface area contributed by atoms with Gasteiger partial charge in [-0.15, -0.1) is 0 Å². The Bertz CT molecular complexity index is 1260. The molecule has 1 aromatic heterocycles. The van der Waals surface area contributed by atoms with Crippen LogP contribution in [0.5, 0.6) is 0 Å². The molecule has 0 spiro atoms. The number of aryl methyl sites for hydroxylation is 1. The normalized spacial score (nSPS) is 15.7. The summed E-state index contributed by atoms with van der Waals surface area (Å²) in [6.07, 6.45) is 3.69. The van der Waals surface area contributed by atoms with Crippen molar-refractivity contribution in [3.63, 3.8) is 0 Å². The van der Waals surface area contributed by atoms with Gasteiger partial charge < -0.3 is 10.0 Å². The van der Waals surface area contributed by atoms with Crippen molar-refractivity contribution in [3.8, 4) is 0 Å². The molecule has 3 aromatic rings. The van der Waals surface area contributed by atoms with Gasteiger partial charge in [0, 0.05) is 30.2 Å². The summed E-state index contributed by atoms with van der Waals surface area (Å²) in [4.78, 5) is 14.9. The van der Waals surface area contributed by atoms with Crippen LogP contribution in [0.15, 0.2) is 71.3 Å². The van der Waals surface area contributed by atoms with Gasteiger partial charge in [0.05, 0.1) is 10.4 Å². The van der Waals surface area contributed by atoms with E-state index >= 15 is 0 Å². The molecular weight excluding hydrogens is 412 g/mol. The molecule has 162 valence electrons. The number of aromatic nitrogens is 1. The van der Waals surface area contributed by atoms with Gasteiger partial charge in [0.2, 0.25) is 0 Å². The van der Waals surface area contributed by atoms with E-state index in [1.54, 1.807) is 53.4 Å². The zero-order valence-electron chi connectivity index (χ0n) is 17.7. The number of aliphatic hydroxyl groups excluding tert-OH is 1. The predicted octanol–water partition coefficient (Wildman–Crippen LogP) is 3.79. The molecule has 1 aliphatic heterocycles. The Hall–Kier alpha value is -2.90. The zero-order chi connectivity index (χ0) is 22.2. The van der Waals surface area contributed by atoms with Gasteiger partial charge in [0.25, 0.3) is 15.9 Å². The molecule has 0 fully saturated rings. The third-order valence-corrected chi connectivity index (χ3v) is 7.49. The molecule has 2 heterocycles. The second-order valence-corrected chi connectivity index (χ2v) is 9.70. The Labute approximate surface area is 182 Å². The molecule has 0 saturated heterocycles. The standard InChI is InChI=1S/C24H26N2O4S/c1-3-18-7-6-14-25(15-18)24(28)23(27)21-16-26(22-9-5-4-8-20(21)22)31(29,30)19-12-10-17(2)11-13-19/h4-5,7-13,16,23,27H,3,6,14-15H2,1-2H3. The first-order chi connectivity index (χ1) is 14.8. The monoisotopic (exact) mass is 438 g/mol. The van der Waals surface area contributed by atoms with Crippen molar-refractivity contribution in [3.05, 3.63) is 77.5 Å². The number of aliphatic hydroxyl groups is 1. The topological polar surface area (TPSA) is 79.6 Å². The molecule has 0 saturated carbocycles. The van der Waals surface area contributed by atoms with Gasteiger partial charge in [0.15, 0.2) is 6.10 Å². The zero-order valence-corrected chi connectivity index (χ0v) is 18.5. The lowest BCUT2D eigenvalue weighted by molar-refractivity contribution is -0.140. The van der Waals surface area contributed by atoms with E-state index in [1.165, 1.54) is 6.20 Å². The lowest BCUT2D eigenvalue weighted by Gasteiger charge is -2.29. The van der Waals surface area contributed by atoms with E-state index in [2.05, 4.69) is 6.08 Å². The summed E-state index contributed by atoms with van der Waals surface area (Å²) in [7, 11) is -3.89. The molecule has 0 radical (unpaired) electrons. The molecule has 7 heteroatoms. The number of fused-ring (bicyclic) bond motifs is 1. The average Bonchev–Trinajstić information content (AvgIpc) is 3.19. The van der Waals surface area contributed by atoms with Crippen molar-refractivity contribution in [2.75, 3.05) is 13.1 Å². The molecule has 1 unspecified atom stereocenters. The largest absolute Gasteiger partial charge is 0.378 e. The van der Waals surface area contributed by atoms with E-state index < -0.39 is 22.0 Å². The van der Waals surface area contributed by atoms with Crippen LogP contribution in [0.25, 0.3) is 10.9 Å². The fourth-order valence-electron chi connectivity index (χ4n) is 3.98. The highest BCUT2D eigenvalue weighted by atomic mass is 32.2. The van der Waals surface area contributed by atoms with Crippen LogP contribution in [-0.4, -0.2) is 41.4 Å². The van der Waals surface area contributed by atoms with Crippen molar-refractivity contribution in [2.24, 2.45) is 0 Å². The summed E-state index contributed by atoms with van der Waals surface area (Å²) >= 11 is 0. The molecule has 2 aromatic carbocycles. The highest BCUT2D eigenvalue weighted by Gasteiger charge is 2.30. The Kier molecular flexibility index (Phi) is 5.73. The van der Waals surface area contributed by atoms with Gasteiger partial charge in [-0.3, -0.25) is 4.79 Å². The number of benzene rings is 2. The van der Waals surface area contributed by atoms with Crippen molar-refractivity contribution in [1.29, 1.82) is 0 Å². The fourth-order valence-corrected chi connectivity index (χ4v) is 5.36. The second-order valence-electron chi connectivity index (χ2n) is 7.88. The van der Waals surface area contributed by atoms with Gasteiger partial charge in [-0.05, 0) is 38.0 Å². The van der Waals surface area contributed by atoms with Gasteiger partial charge in [-0.2, -0.15) is 0 Å². The smallest absolute Gasteiger partial charge is 0.268 e. The third kappa shape index (κ3) is 3.91. The second kappa shape index (κ2) is 8.32. The van der Waals surface area contributed by atoms with E-state index in [-0.39, 0.29) is 4.90 Å². The number of nitrogens with zero attached hydrogens (tertiary/aromatic N) is 2. The summed E-state index contributed by atoms with van der Waals surface area (Å²) in [5.74, 6) is -0.408. The molecule has 0 aliphatic carbocycles. The predicted molar refractivity (Wildman–Crippen MR) is 120 cm³/mol. The molecule has 1 N–H and O–H groups in total. The lowest BCUT2D eigenvalue weighted by atomic mass is 10.0. The lowest BCUT2D eigenvalue weighted by Crippen LogP contribution is -2.39. The maximum atomic E-state index is 13.3. The van der Waals surface area contributed by atoms with Gasteiger partial charge in [-0.25, -0.2) is 12.4 Å². The van der Waals surface area contributed by atoms with Crippen LogP contribution in [0.3, 0.4) is 0 Å². The minimum atomic E-state index is -3.89. The molecule has 6 nitrogen and oxygen atoms in total. The SMILES string of the molecule is CCC1=CCCN(C(=O)C(O)c2cn(S(=O)(=O)c3ccc(C)cc3)c3ccccc23)C1. The molecule has 0 bridgehead atoms. The molecule has 1 atom stereocenters. The Balaban J connectivity index is 1.76. The van der Waals surface area contributed by atoms with Crippen molar-refractivity contribution in [1.82, 2.24) is 8.87 Å². The van der Waals surface area contributed by atoms with E-state index in [4.69, 9.17) is 0 Å². The van der Waals surface area contributed by atoms with Gasteiger partial charge in [-0.1, -0.05) is 54.5 Å². The average molecular weight is 439 g/mol. The van der Waals surface area contributed by atoms with Gasteiger partial charge in [0.1, 0.15) is 0 Å². The highest BCUT2D eigenvalue weighted by molar-refractivity contribution is 7.90. The van der Waals surface area contributed by atoms with E-state index in [0.717, 1.165) is 28.0 Å². The number of carbonyl (C=O) groups excluding carboxylic acids is 1. The Morgan fingerprint density at radius 2 is 1.84 bits per heavy atom. The molecule has 4 rings (SSSR count). The van der Waals surface area contributed by atoms with Crippen LogP contribution in [0.1, 0.15) is 37.0 Å². The maximum absolute atomic E-state index is 13.3. The first-order valence-electron chi connectivity index (χ1n) is 10.4. The highest BCUT2D eigenvalue weighted by Crippen LogP contribution is 2.31. The molecule has 1 amide bonds. The Morgan fingerprint density at radius 3 is 2.55 bits per heavy atom. The third-order valence-electron chi connectivity index (χ3n) is 5.81. The summed E-state index contributed by atoms with van der Waals surface area (Å²) in [6, 6.07) is 13.5. The Morgan fingerprint density at radius 1 is 1.13 bits per heavy atom. The number of hydrogen-bond acceptors (Lipinski definition) is 4. The van der Waals surface area contributed by atoms with E-state index in [0.29, 0.717) is 29.6 Å². The van der Waals surface area contributed by atoms with Crippen LogP contribution in [0.2, 0.25) is 0 Å². The first kappa shape index (κ1) is 21.3. The number of hydrogen-bond donors (Lipinski definition) is 1. The van der Waals surface area contributed by atoms with E-state index in [9.17, 15) is 18.3 Å². The first-order valence-corrected chi connectivity index (χ1v) is 11.8. The van der Waals surface area contributed by atoms with Crippen LogP contribution in [0.4, 0.5) is 0 Å². The number of para-hydroxylation sites is 1. The van der Waals surface area contributed by atoms with Crippen molar-refractivity contribution < 1.29 is 18.3 Å². The number of amides is 1. The minimum Gasteiger partial charge on any atom is -0.378 e. The van der Waals surface area contributed by atoms with E-state index in [1.807, 2.05) is 13.8 Å². The quantitative estimate of drug-likeness (QED) is 0.615. The molecule has 1 aliphatic rings.